The Morgan fingerprint density at radius 1 is 1.31 bits per heavy atom. The molecule has 1 unspecified atom stereocenters. The number of alkyl halides is 5. The van der Waals surface area contributed by atoms with Gasteiger partial charge in [0, 0.05) is 11.4 Å². The smallest absolute Gasteiger partial charge is 0.433 e. The van der Waals surface area contributed by atoms with Gasteiger partial charge in [-0.1, -0.05) is 11.6 Å². The van der Waals surface area contributed by atoms with Crippen molar-refractivity contribution in [3.63, 3.8) is 0 Å². The van der Waals surface area contributed by atoms with E-state index >= 15 is 0 Å². The zero-order valence-corrected chi connectivity index (χ0v) is 14.2. The number of amides is 1. The number of nitrogens with zero attached hydrogens (tertiary/aromatic N) is 2. The van der Waals surface area contributed by atoms with Crippen LogP contribution in [0.15, 0.2) is 24.3 Å². The zero-order valence-electron chi connectivity index (χ0n) is 13.4. The first-order valence-corrected chi connectivity index (χ1v) is 7.55. The molecule has 0 fully saturated rings. The van der Waals surface area contributed by atoms with E-state index < -0.39 is 30.4 Å². The summed E-state index contributed by atoms with van der Waals surface area (Å²) in [6.45, 7) is -0.302. The minimum atomic E-state index is -4.62. The van der Waals surface area contributed by atoms with Crippen LogP contribution in [-0.4, -0.2) is 22.3 Å². The summed E-state index contributed by atoms with van der Waals surface area (Å²) < 4.78 is 67.6. The molecule has 1 aromatic carbocycles. The van der Waals surface area contributed by atoms with Gasteiger partial charge in [-0.25, -0.2) is 0 Å². The quantitative estimate of drug-likeness (QED) is 0.746. The highest BCUT2D eigenvalue weighted by Gasteiger charge is 2.35. The van der Waals surface area contributed by atoms with Crippen molar-refractivity contribution in [3.8, 4) is 5.75 Å². The van der Waals surface area contributed by atoms with Gasteiger partial charge >= 0.3 is 12.8 Å². The molecule has 2 rings (SSSR count). The SMILES string of the molecule is Cc1cc(C(F)(F)F)nn1C(C)C(=O)Nc1ccc(OC(F)F)c(Cl)c1. The topological polar surface area (TPSA) is 56.2 Å². The Labute approximate surface area is 149 Å². The highest BCUT2D eigenvalue weighted by molar-refractivity contribution is 6.32. The number of rotatable bonds is 5. The van der Waals surface area contributed by atoms with E-state index in [1.165, 1.54) is 26.0 Å². The van der Waals surface area contributed by atoms with Crippen LogP contribution in [0.25, 0.3) is 0 Å². The van der Waals surface area contributed by atoms with Crippen molar-refractivity contribution in [1.29, 1.82) is 0 Å². The van der Waals surface area contributed by atoms with Crippen LogP contribution in [0.4, 0.5) is 27.6 Å². The summed E-state index contributed by atoms with van der Waals surface area (Å²) in [6.07, 6.45) is -4.62. The van der Waals surface area contributed by atoms with Crippen LogP contribution in [0.3, 0.4) is 0 Å². The zero-order chi connectivity index (χ0) is 19.6. The van der Waals surface area contributed by atoms with Crippen molar-refractivity contribution < 1.29 is 31.5 Å². The summed E-state index contributed by atoms with van der Waals surface area (Å²) in [6, 6.07) is 3.36. The van der Waals surface area contributed by atoms with E-state index in [4.69, 9.17) is 11.6 Å². The molecule has 26 heavy (non-hydrogen) atoms. The molecule has 5 nitrogen and oxygen atoms in total. The molecule has 0 saturated heterocycles. The van der Waals surface area contributed by atoms with Gasteiger partial charge in [0.2, 0.25) is 5.91 Å². The highest BCUT2D eigenvalue weighted by atomic mass is 35.5. The molecule has 0 aliphatic heterocycles. The summed E-state index contributed by atoms with van der Waals surface area (Å²) in [5.74, 6) is -0.936. The average molecular weight is 398 g/mol. The molecule has 0 aliphatic carbocycles. The third-order valence-electron chi connectivity index (χ3n) is 3.37. The summed E-state index contributed by atoms with van der Waals surface area (Å²) in [7, 11) is 0. The first-order valence-electron chi connectivity index (χ1n) is 7.17. The Morgan fingerprint density at radius 2 is 1.96 bits per heavy atom. The van der Waals surface area contributed by atoms with E-state index in [0.717, 1.165) is 16.8 Å². The van der Waals surface area contributed by atoms with Crippen LogP contribution in [0.1, 0.15) is 24.4 Å². The lowest BCUT2D eigenvalue weighted by atomic mass is 10.2. The Balaban J connectivity index is 2.15. The molecule has 1 N–H and O–H groups in total. The largest absolute Gasteiger partial charge is 0.435 e. The molecule has 142 valence electrons. The monoisotopic (exact) mass is 397 g/mol. The second-order valence-electron chi connectivity index (χ2n) is 5.30. The maximum Gasteiger partial charge on any atom is 0.435 e. The third-order valence-corrected chi connectivity index (χ3v) is 3.67. The fourth-order valence-corrected chi connectivity index (χ4v) is 2.37. The molecule has 1 aromatic heterocycles. The Hall–Kier alpha value is -2.36. The first kappa shape index (κ1) is 20.0. The summed E-state index contributed by atoms with van der Waals surface area (Å²) in [4.78, 5) is 12.3. The van der Waals surface area contributed by atoms with Gasteiger partial charge in [0.1, 0.15) is 11.8 Å². The molecule has 1 atom stereocenters. The fraction of sp³-hybridized carbons (Fsp3) is 0.333. The van der Waals surface area contributed by atoms with E-state index in [9.17, 15) is 26.7 Å². The molecule has 1 amide bonds. The number of aryl methyl sites for hydroxylation is 1. The number of benzene rings is 1. The van der Waals surface area contributed by atoms with Gasteiger partial charge in [0.05, 0.1) is 5.02 Å². The number of carbonyl (C=O) groups excluding carboxylic acids is 1. The van der Waals surface area contributed by atoms with Gasteiger partial charge in [-0.15, -0.1) is 0 Å². The van der Waals surface area contributed by atoms with Gasteiger partial charge in [-0.05, 0) is 38.1 Å². The van der Waals surface area contributed by atoms with Crippen molar-refractivity contribution in [2.24, 2.45) is 0 Å². The van der Waals surface area contributed by atoms with Gasteiger partial charge < -0.3 is 10.1 Å². The van der Waals surface area contributed by atoms with Crippen LogP contribution in [-0.2, 0) is 11.0 Å². The first-order chi connectivity index (χ1) is 12.0. The van der Waals surface area contributed by atoms with E-state index in [1.807, 2.05) is 0 Å². The standard InChI is InChI=1S/C15H13ClF5N3O2/c1-7-5-12(15(19,20)21)23-24(7)8(2)13(25)22-9-3-4-11(10(16)6-9)26-14(17)18/h3-6,8,14H,1-2H3,(H,22,25). The lowest BCUT2D eigenvalue weighted by Gasteiger charge is -2.15. The maximum absolute atomic E-state index is 12.7. The number of anilines is 1. The molecule has 0 radical (unpaired) electrons. The van der Waals surface area contributed by atoms with Gasteiger partial charge in [0.15, 0.2) is 5.69 Å². The van der Waals surface area contributed by atoms with E-state index in [2.05, 4.69) is 15.2 Å². The van der Waals surface area contributed by atoms with Crippen molar-refractivity contribution in [3.05, 3.63) is 40.7 Å². The predicted octanol–water partition coefficient (Wildman–Crippen LogP) is 4.66. The van der Waals surface area contributed by atoms with Crippen LogP contribution < -0.4 is 10.1 Å². The van der Waals surface area contributed by atoms with Crippen molar-refractivity contribution >= 4 is 23.2 Å². The van der Waals surface area contributed by atoms with Crippen LogP contribution in [0, 0.1) is 6.92 Å². The molecular weight excluding hydrogens is 385 g/mol. The number of carbonyl (C=O) groups is 1. The number of hydrogen-bond donors (Lipinski definition) is 1. The average Bonchev–Trinajstić information content (AvgIpc) is 2.91. The molecule has 2 aromatic rings. The van der Waals surface area contributed by atoms with Gasteiger partial charge in [0.25, 0.3) is 0 Å². The molecule has 0 spiro atoms. The highest BCUT2D eigenvalue weighted by Crippen LogP contribution is 2.31. The summed E-state index contributed by atoms with van der Waals surface area (Å²) >= 11 is 5.78. The molecule has 1 heterocycles. The molecule has 0 saturated carbocycles. The maximum atomic E-state index is 12.7. The van der Waals surface area contributed by atoms with E-state index in [-0.39, 0.29) is 22.2 Å². The van der Waals surface area contributed by atoms with Crippen molar-refractivity contribution in [2.75, 3.05) is 5.32 Å². The lowest BCUT2D eigenvalue weighted by molar-refractivity contribution is -0.141. The lowest BCUT2D eigenvalue weighted by Crippen LogP contribution is -2.25. The second kappa shape index (κ2) is 7.48. The second-order valence-corrected chi connectivity index (χ2v) is 5.71. The van der Waals surface area contributed by atoms with Crippen molar-refractivity contribution in [1.82, 2.24) is 9.78 Å². The number of ether oxygens (including phenoxy) is 1. The fourth-order valence-electron chi connectivity index (χ4n) is 2.15. The minimum absolute atomic E-state index is 0.152. The third kappa shape index (κ3) is 4.63. The minimum Gasteiger partial charge on any atom is -0.433 e. The Kier molecular flexibility index (Phi) is 5.74. The van der Waals surface area contributed by atoms with Crippen LogP contribution in [0.2, 0.25) is 5.02 Å². The Morgan fingerprint density at radius 3 is 2.46 bits per heavy atom. The summed E-state index contributed by atoms with van der Waals surface area (Å²) in [5, 5.41) is 5.68. The molecular formula is C15H13ClF5N3O2. The number of hydrogen-bond acceptors (Lipinski definition) is 3. The van der Waals surface area contributed by atoms with Crippen LogP contribution in [0.5, 0.6) is 5.75 Å². The van der Waals surface area contributed by atoms with Gasteiger partial charge in [-0.2, -0.15) is 27.1 Å². The predicted molar refractivity (Wildman–Crippen MR) is 83.4 cm³/mol. The van der Waals surface area contributed by atoms with Crippen molar-refractivity contribution in [2.45, 2.75) is 32.7 Å². The van der Waals surface area contributed by atoms with E-state index in [1.54, 1.807) is 0 Å². The van der Waals surface area contributed by atoms with E-state index in [0.29, 0.717) is 0 Å². The van der Waals surface area contributed by atoms with Crippen LogP contribution >= 0.6 is 11.6 Å². The number of halogens is 6. The molecule has 0 bridgehead atoms. The number of aromatic nitrogens is 2. The Bertz CT molecular complexity index is 807. The summed E-state index contributed by atoms with van der Waals surface area (Å²) in [5.41, 5.74) is -0.792. The number of nitrogens with one attached hydrogen (secondary N) is 1. The normalized spacial score (nSPS) is 13.0. The molecule has 11 heteroatoms. The molecule has 0 aliphatic rings. The van der Waals surface area contributed by atoms with Gasteiger partial charge in [-0.3, -0.25) is 9.48 Å².